The topological polar surface area (TPSA) is 43.8 Å². The van der Waals surface area contributed by atoms with Crippen LogP contribution in [0, 0.1) is 0 Å². The number of hydrogen-bond acceptors (Lipinski definition) is 2. The fraction of sp³-hybridized carbons (Fsp3) is 0.500. The van der Waals surface area contributed by atoms with Crippen molar-refractivity contribution >= 4 is 10.9 Å². The van der Waals surface area contributed by atoms with Gasteiger partial charge in [0.25, 0.3) is 0 Å². The van der Waals surface area contributed by atoms with E-state index in [4.69, 9.17) is 10.8 Å². The van der Waals surface area contributed by atoms with Gasteiger partial charge in [-0.25, -0.2) is 0 Å². The quantitative estimate of drug-likeness (QED) is 0.860. The molecule has 0 aliphatic heterocycles. The molecule has 2 N–H and O–H groups in total. The third-order valence-corrected chi connectivity index (χ3v) is 3.94. The van der Waals surface area contributed by atoms with Crippen molar-refractivity contribution in [3.63, 3.8) is 0 Å². The van der Waals surface area contributed by atoms with Gasteiger partial charge in [-0.05, 0) is 18.4 Å². The van der Waals surface area contributed by atoms with Gasteiger partial charge in [0.2, 0.25) is 0 Å². The minimum atomic E-state index is 0.584. The Morgan fingerprint density at radius 1 is 1.35 bits per heavy atom. The number of aryl methyl sites for hydroxylation is 1. The van der Waals surface area contributed by atoms with Crippen LogP contribution in [0.15, 0.2) is 18.2 Å². The summed E-state index contributed by atoms with van der Waals surface area (Å²) >= 11 is 0. The highest BCUT2D eigenvalue weighted by atomic mass is 15.3. The van der Waals surface area contributed by atoms with Gasteiger partial charge in [0.05, 0.1) is 11.2 Å². The summed E-state index contributed by atoms with van der Waals surface area (Å²) < 4.78 is 2.01. The van der Waals surface area contributed by atoms with Crippen molar-refractivity contribution in [1.82, 2.24) is 9.78 Å². The van der Waals surface area contributed by atoms with Gasteiger partial charge in [-0.2, -0.15) is 5.10 Å². The van der Waals surface area contributed by atoms with E-state index in [0.717, 1.165) is 0 Å². The molecule has 3 rings (SSSR count). The van der Waals surface area contributed by atoms with Crippen molar-refractivity contribution < 1.29 is 0 Å². The van der Waals surface area contributed by atoms with Crippen LogP contribution in [-0.4, -0.2) is 9.78 Å². The SMILES string of the molecule is Cn1nc(C2CCCC2)c2cccc(CN)c21. The van der Waals surface area contributed by atoms with Gasteiger partial charge in [0, 0.05) is 24.9 Å². The van der Waals surface area contributed by atoms with Gasteiger partial charge in [0.15, 0.2) is 0 Å². The number of nitrogens with zero attached hydrogens (tertiary/aromatic N) is 2. The number of rotatable bonds is 2. The molecule has 0 atom stereocenters. The second-order valence-electron chi connectivity index (χ2n) is 5.01. The van der Waals surface area contributed by atoms with E-state index < -0.39 is 0 Å². The van der Waals surface area contributed by atoms with Crippen LogP contribution >= 0.6 is 0 Å². The van der Waals surface area contributed by atoms with E-state index in [1.807, 2.05) is 11.7 Å². The lowest BCUT2D eigenvalue weighted by Crippen LogP contribution is -2.00. The highest BCUT2D eigenvalue weighted by Gasteiger charge is 2.23. The zero-order valence-corrected chi connectivity index (χ0v) is 10.3. The van der Waals surface area contributed by atoms with Gasteiger partial charge < -0.3 is 5.73 Å². The van der Waals surface area contributed by atoms with Gasteiger partial charge in [0.1, 0.15) is 0 Å². The molecule has 1 heterocycles. The predicted octanol–water partition coefficient (Wildman–Crippen LogP) is 2.69. The van der Waals surface area contributed by atoms with Crippen molar-refractivity contribution in [2.24, 2.45) is 12.8 Å². The first-order valence-corrected chi connectivity index (χ1v) is 6.46. The molecule has 1 aliphatic rings. The zero-order valence-electron chi connectivity index (χ0n) is 10.3. The van der Waals surface area contributed by atoms with Crippen molar-refractivity contribution in [3.05, 3.63) is 29.5 Å². The smallest absolute Gasteiger partial charge is 0.0734 e. The van der Waals surface area contributed by atoms with Gasteiger partial charge in [-0.3, -0.25) is 4.68 Å². The monoisotopic (exact) mass is 229 g/mol. The number of nitrogens with two attached hydrogens (primary N) is 1. The van der Waals surface area contributed by atoms with Gasteiger partial charge in [-0.1, -0.05) is 31.0 Å². The number of aromatic nitrogens is 2. The van der Waals surface area contributed by atoms with E-state index in [1.165, 1.54) is 47.8 Å². The Balaban J connectivity index is 2.20. The fourth-order valence-electron chi connectivity index (χ4n) is 3.11. The Hall–Kier alpha value is -1.35. The molecule has 0 amide bonds. The summed E-state index contributed by atoms with van der Waals surface area (Å²) in [6, 6.07) is 6.39. The molecule has 1 fully saturated rings. The Morgan fingerprint density at radius 2 is 2.12 bits per heavy atom. The molecule has 1 aromatic heterocycles. The Bertz CT molecular complexity index is 536. The molecule has 17 heavy (non-hydrogen) atoms. The summed E-state index contributed by atoms with van der Waals surface area (Å²) in [4.78, 5) is 0. The maximum absolute atomic E-state index is 5.81. The minimum Gasteiger partial charge on any atom is -0.326 e. The van der Waals surface area contributed by atoms with E-state index in [0.29, 0.717) is 12.5 Å². The fourth-order valence-corrected chi connectivity index (χ4v) is 3.11. The summed E-state index contributed by atoms with van der Waals surface area (Å²) in [6.07, 6.45) is 5.27. The molecule has 0 unspecified atom stereocenters. The maximum atomic E-state index is 5.81. The van der Waals surface area contributed by atoms with Crippen molar-refractivity contribution in [2.75, 3.05) is 0 Å². The van der Waals surface area contributed by atoms with E-state index in [-0.39, 0.29) is 0 Å². The highest BCUT2D eigenvalue weighted by molar-refractivity contribution is 5.85. The van der Waals surface area contributed by atoms with E-state index in [2.05, 4.69) is 18.2 Å². The third-order valence-electron chi connectivity index (χ3n) is 3.94. The largest absolute Gasteiger partial charge is 0.326 e. The summed E-state index contributed by atoms with van der Waals surface area (Å²) in [5, 5.41) is 6.05. The molecule has 2 aromatic rings. The van der Waals surface area contributed by atoms with Gasteiger partial charge >= 0.3 is 0 Å². The van der Waals surface area contributed by atoms with Gasteiger partial charge in [-0.15, -0.1) is 0 Å². The van der Waals surface area contributed by atoms with Crippen molar-refractivity contribution in [3.8, 4) is 0 Å². The third kappa shape index (κ3) is 1.65. The second kappa shape index (κ2) is 4.15. The summed E-state index contributed by atoms with van der Waals surface area (Å²) in [5.41, 5.74) is 9.51. The first-order valence-electron chi connectivity index (χ1n) is 6.46. The molecule has 0 bridgehead atoms. The van der Waals surface area contributed by atoms with Crippen LogP contribution in [0.2, 0.25) is 0 Å². The standard InChI is InChI=1S/C14H19N3/c1-17-14-11(9-15)7-4-8-12(14)13(16-17)10-5-2-3-6-10/h4,7-8,10H,2-3,5-6,9,15H2,1H3. The van der Waals surface area contributed by atoms with E-state index >= 15 is 0 Å². The first kappa shape index (κ1) is 10.8. The molecule has 0 radical (unpaired) electrons. The highest BCUT2D eigenvalue weighted by Crippen LogP contribution is 2.37. The molecule has 1 aliphatic carbocycles. The van der Waals surface area contributed by atoms with Crippen LogP contribution in [0.5, 0.6) is 0 Å². The van der Waals surface area contributed by atoms with E-state index in [9.17, 15) is 0 Å². The van der Waals surface area contributed by atoms with Crippen LogP contribution in [0.1, 0.15) is 42.9 Å². The van der Waals surface area contributed by atoms with Crippen LogP contribution in [0.3, 0.4) is 0 Å². The Morgan fingerprint density at radius 3 is 2.82 bits per heavy atom. The normalized spacial score (nSPS) is 17.1. The molecule has 1 aromatic carbocycles. The molecular weight excluding hydrogens is 210 g/mol. The number of hydrogen-bond donors (Lipinski definition) is 1. The summed E-state index contributed by atoms with van der Waals surface area (Å²) in [7, 11) is 2.03. The molecule has 3 heteroatoms. The molecule has 90 valence electrons. The van der Waals surface area contributed by atoms with Crippen molar-refractivity contribution in [2.45, 2.75) is 38.1 Å². The van der Waals surface area contributed by atoms with E-state index in [1.54, 1.807) is 0 Å². The number of fused-ring (bicyclic) bond motifs is 1. The lowest BCUT2D eigenvalue weighted by Gasteiger charge is -2.05. The molecular formula is C14H19N3. The lowest BCUT2D eigenvalue weighted by atomic mass is 9.99. The maximum Gasteiger partial charge on any atom is 0.0734 e. The number of para-hydroxylation sites is 1. The number of benzene rings is 1. The summed E-state index contributed by atoms with van der Waals surface area (Å²) in [6.45, 7) is 0.584. The average molecular weight is 229 g/mol. The van der Waals surface area contributed by atoms with Crippen molar-refractivity contribution in [1.29, 1.82) is 0 Å². The lowest BCUT2D eigenvalue weighted by molar-refractivity contribution is 0.665. The van der Waals surface area contributed by atoms with Crippen LogP contribution in [0.4, 0.5) is 0 Å². The van der Waals surface area contributed by atoms with Crippen LogP contribution in [0.25, 0.3) is 10.9 Å². The molecule has 0 spiro atoms. The first-order chi connectivity index (χ1) is 8.31. The predicted molar refractivity (Wildman–Crippen MR) is 69.8 cm³/mol. The summed E-state index contributed by atoms with van der Waals surface area (Å²) in [5.74, 6) is 0.659. The Labute approximate surface area is 102 Å². The van der Waals surface area contributed by atoms with Crippen LogP contribution in [-0.2, 0) is 13.6 Å². The molecule has 0 saturated heterocycles. The Kier molecular flexibility index (Phi) is 2.63. The minimum absolute atomic E-state index is 0.584. The molecule has 1 saturated carbocycles. The second-order valence-corrected chi connectivity index (χ2v) is 5.01. The molecule has 3 nitrogen and oxygen atoms in total. The zero-order chi connectivity index (χ0) is 11.8. The van der Waals surface area contributed by atoms with Crippen LogP contribution < -0.4 is 5.73 Å². The average Bonchev–Trinajstić information content (AvgIpc) is 2.97.